The van der Waals surface area contributed by atoms with Gasteiger partial charge in [0.1, 0.15) is 84.6 Å². The number of carbonyl (C=O) groups excluding carboxylic acids is 17. The zero-order valence-corrected chi connectivity index (χ0v) is 74.0. The molecule has 1 aliphatic heterocycles. The molecule has 3 rings (SSSR count). The van der Waals surface area contributed by atoms with Crippen molar-refractivity contribution in [3.8, 4) is 0 Å². The summed E-state index contributed by atoms with van der Waals surface area (Å²) in [5, 5.41) is 83.7. The number of nitrogens with two attached hydrogens (primary N) is 5. The fourth-order valence-corrected chi connectivity index (χ4v) is 13.8. The summed E-state index contributed by atoms with van der Waals surface area (Å²) < 4.78 is 0. The lowest BCUT2D eigenvalue weighted by Gasteiger charge is -2.32. The van der Waals surface area contributed by atoms with Gasteiger partial charge in [0.25, 0.3) is 0 Å². The number of nitrogens with one attached hydrogen (secondary N) is 13. The SMILES string of the molecule is CC(C)C[C@H](NC(=O)[C@@H](NC(=O)[C@H](CCCCN)NC(=O)[C@H](CCC(N)=O)NC(=O)[C@@H]1CCCN1C(=O)[C@@H](NC(=O)[C@H](Cc1ccccc1)NC(=O)[C@@H](NC(=O)[C@H](CC(N)=O)NC(=O)[C@H](CC(C)C)NC(=O)[C@@H](N)CC(C)C)C(C)C)[C@@H](C)O)[C@@H](C)O)C(=O)N[C@@H](CCC(=O)O)C(=O)N[C@@H](CCC(=O)O)C(=O)N[C@@H](Cc1ccccc1)C(=O)N[C@@H](CCC(N)=O)C(=O)O. The number of primary amides is 3. The molecule has 0 unspecified atom stereocenters. The van der Waals surface area contributed by atoms with E-state index in [2.05, 4.69) is 69.1 Å². The van der Waals surface area contributed by atoms with E-state index < -0.39 is 291 Å². The predicted octanol–water partition coefficient (Wildman–Crippen LogP) is -5.00. The Hall–Kier alpha value is -12.3. The van der Waals surface area contributed by atoms with Gasteiger partial charge < -0.3 is 128 Å². The maximum atomic E-state index is 14.8. The van der Waals surface area contributed by atoms with Gasteiger partial charge in [0.15, 0.2) is 0 Å². The Bertz CT molecular complexity index is 4140. The monoisotopic (exact) mass is 1810 g/mol. The molecule has 17 amide bonds. The fraction of sp³-hybridized carbons (Fsp3) is 0.619. The zero-order valence-electron chi connectivity index (χ0n) is 74.0. The molecule has 1 heterocycles. The Balaban J connectivity index is 1.95. The second-order valence-corrected chi connectivity index (χ2v) is 33.5. The Morgan fingerprint density at radius 2 is 0.719 bits per heavy atom. The Morgan fingerprint density at radius 1 is 0.375 bits per heavy atom. The van der Waals surface area contributed by atoms with Gasteiger partial charge in [-0.25, -0.2) is 4.79 Å². The summed E-state index contributed by atoms with van der Waals surface area (Å²) in [6.07, 6.45) is -9.64. The van der Waals surface area contributed by atoms with Gasteiger partial charge in [-0.2, -0.15) is 0 Å². The molecule has 128 heavy (non-hydrogen) atoms. The summed E-state index contributed by atoms with van der Waals surface area (Å²) in [6, 6.07) is -8.37. The minimum absolute atomic E-state index is 0.0276. The Kier molecular flexibility index (Phi) is 47.5. The summed E-state index contributed by atoms with van der Waals surface area (Å²) in [7, 11) is 0. The first-order chi connectivity index (χ1) is 60.0. The van der Waals surface area contributed by atoms with E-state index in [9.17, 15) is 121 Å². The van der Waals surface area contributed by atoms with Crippen LogP contribution in [0.3, 0.4) is 0 Å². The lowest BCUT2D eigenvalue weighted by Crippen LogP contribution is -2.63. The molecule has 2 aromatic carbocycles. The van der Waals surface area contributed by atoms with Crippen LogP contribution in [0.15, 0.2) is 60.7 Å². The number of amides is 17. The van der Waals surface area contributed by atoms with Crippen molar-refractivity contribution in [2.45, 2.75) is 294 Å². The standard InChI is InChI=1S/C84H131N19O25/c1-42(2)36-50(86)70(113)95-56(37-43(3)4)76(119)97-60(41-64(89)108)79(122)100-67(45(7)8)81(124)99-59(40-49-22-15-12-16-23-49)78(121)102-69(47(10)105)83(126)103-35-19-25-61(103)80(123)93-52(26-30-62(87)106)71(114)90-51(24-17-18-34-85)74(117)101-68(46(9)104)82(125)98-57(38-44(5)6)75(118)92-53(28-32-65(109)110)72(115)91-54(29-33-66(111)112)73(116)96-58(39-48-20-13-11-14-21-48)77(120)94-55(84(127)128)27-31-63(88)107/h11-16,20-23,42-47,50-61,67-69,104-105H,17-19,24-41,85-86H2,1-10H3,(H2,87,106)(H2,88,107)(H2,89,108)(H,90,114)(H,91,115)(H,92,118)(H,93,123)(H,94,120)(H,95,113)(H,96,116)(H,97,119)(H,98,125)(H,99,124)(H,100,122)(H,101,117)(H,102,121)(H,109,110)(H,111,112)(H,127,128)/t46-,47-,50+,51+,52+,53+,54+,55+,56+,57+,58+,59+,60+,61+,67+,68+,69+/m1/s1. The van der Waals surface area contributed by atoms with E-state index in [4.69, 9.17) is 28.7 Å². The van der Waals surface area contributed by atoms with Crippen LogP contribution in [-0.4, -0.2) is 265 Å². The van der Waals surface area contributed by atoms with E-state index in [1.807, 2.05) is 13.8 Å². The van der Waals surface area contributed by atoms with Crippen LogP contribution in [0, 0.1) is 23.7 Å². The van der Waals surface area contributed by atoms with Crippen molar-refractivity contribution < 1.29 is 121 Å². The maximum absolute atomic E-state index is 14.8. The molecule has 44 nitrogen and oxygen atoms in total. The van der Waals surface area contributed by atoms with Gasteiger partial charge in [-0.15, -0.1) is 0 Å². The van der Waals surface area contributed by atoms with Crippen LogP contribution in [-0.2, 0) is 109 Å². The van der Waals surface area contributed by atoms with Gasteiger partial charge in [-0.3, -0.25) is 91.1 Å². The first-order valence-electron chi connectivity index (χ1n) is 42.7. The average Bonchev–Trinajstić information content (AvgIpc) is 1.61. The number of carbonyl (C=O) groups is 20. The molecule has 0 radical (unpaired) electrons. The van der Waals surface area contributed by atoms with Gasteiger partial charge in [0.2, 0.25) is 100 Å². The van der Waals surface area contributed by atoms with Gasteiger partial charge in [0.05, 0.1) is 24.7 Å². The highest BCUT2D eigenvalue weighted by molar-refractivity contribution is 6.02. The fourth-order valence-electron chi connectivity index (χ4n) is 13.8. The first-order valence-corrected chi connectivity index (χ1v) is 42.7. The summed E-state index contributed by atoms with van der Waals surface area (Å²) in [6.45, 7) is 15.7. The summed E-state index contributed by atoms with van der Waals surface area (Å²) >= 11 is 0. The normalized spacial score (nSPS) is 16.2. The molecule has 0 saturated carbocycles. The molecule has 1 fully saturated rings. The van der Waals surface area contributed by atoms with Gasteiger partial charge in [-0.1, -0.05) is 116 Å². The number of benzene rings is 2. The minimum Gasteiger partial charge on any atom is -0.481 e. The molecule has 1 aliphatic rings. The zero-order chi connectivity index (χ0) is 96.5. The largest absolute Gasteiger partial charge is 0.481 e. The van der Waals surface area contributed by atoms with E-state index in [0.717, 1.165) is 18.7 Å². The molecule has 712 valence electrons. The van der Waals surface area contributed by atoms with Crippen molar-refractivity contribution in [2.75, 3.05) is 13.1 Å². The highest BCUT2D eigenvalue weighted by Crippen LogP contribution is 2.22. The molecule has 0 bridgehead atoms. The van der Waals surface area contributed by atoms with Gasteiger partial charge >= 0.3 is 17.9 Å². The van der Waals surface area contributed by atoms with Crippen LogP contribution >= 0.6 is 0 Å². The number of carboxylic acids is 3. The van der Waals surface area contributed by atoms with E-state index >= 15 is 0 Å². The Labute approximate surface area is 742 Å². The second-order valence-electron chi connectivity index (χ2n) is 33.5. The molecule has 0 aliphatic carbocycles. The number of aliphatic hydroxyl groups is 2. The molecular formula is C84H131N19O25. The number of rotatable bonds is 59. The van der Waals surface area contributed by atoms with Crippen LogP contribution in [0.2, 0.25) is 0 Å². The van der Waals surface area contributed by atoms with Gasteiger partial charge in [0, 0.05) is 45.1 Å². The van der Waals surface area contributed by atoms with Crippen LogP contribution in [0.5, 0.6) is 0 Å². The van der Waals surface area contributed by atoms with E-state index in [1.54, 1.807) is 88.4 Å². The molecular weight excluding hydrogens is 1680 g/mol. The minimum atomic E-state index is -1.98. The van der Waals surface area contributed by atoms with Gasteiger partial charge in [-0.05, 0) is 132 Å². The topological polar surface area (TPSA) is 732 Å². The van der Waals surface area contributed by atoms with E-state index in [1.165, 1.54) is 13.8 Å². The van der Waals surface area contributed by atoms with Crippen LogP contribution < -0.4 is 97.8 Å². The second kappa shape index (κ2) is 55.3. The van der Waals surface area contributed by atoms with Crippen molar-refractivity contribution in [3.63, 3.8) is 0 Å². The van der Waals surface area contributed by atoms with Crippen molar-refractivity contribution in [1.82, 2.24) is 74.0 Å². The van der Waals surface area contributed by atoms with E-state index in [0.29, 0.717) is 11.1 Å². The molecule has 28 N–H and O–H groups in total. The number of nitrogens with zero attached hydrogens (tertiary/aromatic N) is 1. The number of hydrogen-bond donors (Lipinski definition) is 23. The van der Waals surface area contributed by atoms with Crippen LogP contribution in [0.4, 0.5) is 0 Å². The first kappa shape index (κ1) is 110. The number of aliphatic hydroxyl groups excluding tert-OH is 2. The highest BCUT2D eigenvalue weighted by atomic mass is 16.4. The lowest BCUT2D eigenvalue weighted by atomic mass is 9.99. The summed E-state index contributed by atoms with van der Waals surface area (Å²) in [5.74, 6) is -23.7. The van der Waals surface area contributed by atoms with Crippen LogP contribution in [0.25, 0.3) is 0 Å². The average molecular weight is 1810 g/mol. The summed E-state index contributed by atoms with van der Waals surface area (Å²) in [4.78, 5) is 274. The van der Waals surface area contributed by atoms with Crippen molar-refractivity contribution in [3.05, 3.63) is 71.8 Å². The molecule has 2 aromatic rings. The molecule has 0 spiro atoms. The molecule has 44 heteroatoms. The third-order valence-electron chi connectivity index (χ3n) is 20.6. The Morgan fingerprint density at radius 3 is 1.14 bits per heavy atom. The molecule has 0 aromatic heterocycles. The molecule has 1 saturated heterocycles. The van der Waals surface area contributed by atoms with Crippen LogP contribution in [0.1, 0.15) is 190 Å². The smallest absolute Gasteiger partial charge is 0.326 e. The number of aliphatic carboxylic acids is 3. The number of unbranched alkanes of at least 4 members (excludes halogenated alkanes) is 1. The molecule has 17 atom stereocenters. The predicted molar refractivity (Wildman–Crippen MR) is 460 cm³/mol. The van der Waals surface area contributed by atoms with Crippen molar-refractivity contribution in [1.29, 1.82) is 0 Å². The summed E-state index contributed by atoms with van der Waals surface area (Å²) in [5.41, 5.74) is 29.1. The van der Waals surface area contributed by atoms with Crippen molar-refractivity contribution in [2.24, 2.45) is 52.3 Å². The third-order valence-corrected chi connectivity index (χ3v) is 20.6. The highest BCUT2D eigenvalue weighted by Gasteiger charge is 2.44. The quantitative estimate of drug-likeness (QED) is 0.0276. The number of likely N-dealkylation sites (tertiary alicyclic amines) is 1. The van der Waals surface area contributed by atoms with Crippen molar-refractivity contribution >= 4 is 118 Å². The maximum Gasteiger partial charge on any atom is 0.326 e. The third kappa shape index (κ3) is 39.7. The van der Waals surface area contributed by atoms with E-state index in [-0.39, 0.29) is 89.1 Å². The lowest BCUT2D eigenvalue weighted by molar-refractivity contribution is -0.145. The number of carboxylic acid groups (broad SMARTS) is 3. The number of hydrogen-bond acceptors (Lipinski definition) is 24.